The number of ether oxygens (including phenoxy) is 2. The molecule has 2 heterocycles. The van der Waals surface area contributed by atoms with E-state index in [1.54, 1.807) is 25.6 Å². The molecule has 2 aromatic rings. The molecule has 7 heteroatoms. The van der Waals surface area contributed by atoms with Crippen molar-refractivity contribution in [3.05, 3.63) is 63.6 Å². The van der Waals surface area contributed by atoms with E-state index in [0.29, 0.717) is 24.4 Å². The van der Waals surface area contributed by atoms with E-state index in [0.717, 1.165) is 16.2 Å². The number of esters is 2. The molecule has 1 aliphatic rings. The van der Waals surface area contributed by atoms with Crippen molar-refractivity contribution in [2.75, 3.05) is 24.7 Å². The van der Waals surface area contributed by atoms with Crippen molar-refractivity contribution in [2.45, 2.75) is 52.7 Å². The highest BCUT2D eigenvalue weighted by Gasteiger charge is 2.47. The van der Waals surface area contributed by atoms with Crippen LogP contribution < -0.4 is 4.90 Å². The molecule has 1 unspecified atom stereocenters. The van der Waals surface area contributed by atoms with Crippen LogP contribution in [0, 0.1) is 0 Å². The summed E-state index contributed by atoms with van der Waals surface area (Å²) >= 11 is 1.69. The van der Waals surface area contributed by atoms with E-state index >= 15 is 0 Å². The molecule has 0 aliphatic carbocycles. The van der Waals surface area contributed by atoms with Crippen molar-refractivity contribution < 1.29 is 23.5 Å². The SMILES string of the molecule is CCOC(=O)c1oc2c(c1C(=O)OCC)N(CC)C(C)=C(C)SC2(CC)c1ccccc1. The summed E-state index contributed by atoms with van der Waals surface area (Å²) < 4.78 is 16.3. The minimum atomic E-state index is -0.666. The highest BCUT2D eigenvalue weighted by molar-refractivity contribution is 8.04. The van der Waals surface area contributed by atoms with Gasteiger partial charge in [0.2, 0.25) is 5.76 Å². The van der Waals surface area contributed by atoms with Crippen LogP contribution in [0.5, 0.6) is 0 Å². The Labute approximate surface area is 193 Å². The van der Waals surface area contributed by atoms with Gasteiger partial charge in [-0.05, 0) is 46.6 Å². The second-order valence-corrected chi connectivity index (χ2v) is 8.97. The maximum atomic E-state index is 13.2. The fourth-order valence-electron chi connectivity index (χ4n) is 4.16. The molecule has 0 spiro atoms. The van der Waals surface area contributed by atoms with Gasteiger partial charge < -0.3 is 18.8 Å². The lowest BCUT2D eigenvalue weighted by Crippen LogP contribution is -2.26. The summed E-state index contributed by atoms with van der Waals surface area (Å²) in [5.41, 5.74) is 2.76. The highest BCUT2D eigenvalue weighted by atomic mass is 32.2. The molecule has 0 amide bonds. The molecule has 0 saturated carbocycles. The molecule has 6 nitrogen and oxygen atoms in total. The molecule has 0 radical (unpaired) electrons. The Morgan fingerprint density at radius 1 is 1.00 bits per heavy atom. The van der Waals surface area contributed by atoms with Crippen molar-refractivity contribution in [3.8, 4) is 0 Å². The number of thioether (sulfide) groups is 1. The average molecular weight is 458 g/mol. The van der Waals surface area contributed by atoms with Crippen LogP contribution in [0.4, 0.5) is 5.69 Å². The highest BCUT2D eigenvalue weighted by Crippen LogP contribution is 2.57. The van der Waals surface area contributed by atoms with Crippen LogP contribution in [0.2, 0.25) is 0 Å². The van der Waals surface area contributed by atoms with E-state index in [4.69, 9.17) is 13.9 Å². The van der Waals surface area contributed by atoms with Crippen LogP contribution in [0.3, 0.4) is 0 Å². The van der Waals surface area contributed by atoms with Crippen molar-refractivity contribution in [3.63, 3.8) is 0 Å². The summed E-state index contributed by atoms with van der Waals surface area (Å²) in [6.45, 7) is 12.6. The van der Waals surface area contributed by atoms with Gasteiger partial charge in [-0.15, -0.1) is 11.8 Å². The van der Waals surface area contributed by atoms with Crippen LogP contribution in [-0.4, -0.2) is 31.7 Å². The standard InChI is InChI=1S/C25H31NO5S/c1-7-25(18-14-12-11-13-15-18)22-20(26(8-2)16(5)17(6)32-25)19(23(27)29-9-3)21(31-22)24(28)30-10-4/h11-15H,7-10H2,1-6H3. The number of carbonyl (C=O) groups excluding carboxylic acids is 2. The third-order valence-electron chi connectivity index (χ3n) is 5.76. The molecule has 0 saturated heterocycles. The number of nitrogens with zero attached hydrogens (tertiary/aromatic N) is 1. The molecule has 1 aromatic heterocycles. The number of hydrogen-bond acceptors (Lipinski definition) is 7. The summed E-state index contributed by atoms with van der Waals surface area (Å²) in [5.74, 6) is -0.786. The van der Waals surface area contributed by atoms with Gasteiger partial charge >= 0.3 is 11.9 Å². The normalized spacial score (nSPS) is 18.2. The van der Waals surface area contributed by atoms with Gasteiger partial charge in [-0.3, -0.25) is 0 Å². The first-order valence-corrected chi connectivity index (χ1v) is 11.9. The van der Waals surface area contributed by atoms with Crippen molar-refractivity contribution >= 4 is 29.4 Å². The monoisotopic (exact) mass is 457 g/mol. The second kappa shape index (κ2) is 9.86. The minimum Gasteiger partial charge on any atom is -0.462 e. The van der Waals surface area contributed by atoms with Crippen LogP contribution in [0.15, 0.2) is 45.4 Å². The Hall–Kier alpha value is -2.67. The number of furan rings is 1. The van der Waals surface area contributed by atoms with E-state index in [1.807, 2.05) is 36.9 Å². The van der Waals surface area contributed by atoms with E-state index in [2.05, 4.69) is 26.0 Å². The van der Waals surface area contributed by atoms with Gasteiger partial charge in [-0.2, -0.15) is 0 Å². The van der Waals surface area contributed by atoms with Crippen LogP contribution in [0.1, 0.15) is 80.2 Å². The maximum Gasteiger partial charge on any atom is 0.375 e. The number of carbonyl (C=O) groups is 2. The number of fused-ring (bicyclic) bond motifs is 1. The predicted octanol–water partition coefficient (Wildman–Crippen LogP) is 6.11. The van der Waals surface area contributed by atoms with Gasteiger partial charge in [-0.25, -0.2) is 9.59 Å². The molecule has 3 rings (SSSR count). The number of benzene rings is 1. The Bertz CT molecular complexity index is 1030. The van der Waals surface area contributed by atoms with Crippen LogP contribution in [-0.2, 0) is 14.2 Å². The van der Waals surface area contributed by atoms with E-state index in [-0.39, 0.29) is 24.5 Å². The van der Waals surface area contributed by atoms with E-state index in [1.165, 1.54) is 0 Å². The minimum absolute atomic E-state index is 0.101. The molecule has 0 N–H and O–H groups in total. The summed E-state index contributed by atoms with van der Waals surface area (Å²) in [6.07, 6.45) is 0.689. The first-order chi connectivity index (χ1) is 15.4. The molecule has 32 heavy (non-hydrogen) atoms. The largest absolute Gasteiger partial charge is 0.462 e. The summed E-state index contributed by atoms with van der Waals surface area (Å²) in [4.78, 5) is 29.2. The maximum absolute atomic E-state index is 13.2. The summed E-state index contributed by atoms with van der Waals surface area (Å²) in [7, 11) is 0. The zero-order chi connectivity index (χ0) is 23.5. The van der Waals surface area contributed by atoms with Gasteiger partial charge in [0.15, 0.2) is 0 Å². The predicted molar refractivity (Wildman–Crippen MR) is 127 cm³/mol. The molecule has 172 valence electrons. The third kappa shape index (κ3) is 3.94. The number of anilines is 1. The van der Waals surface area contributed by atoms with E-state index in [9.17, 15) is 9.59 Å². The fourth-order valence-corrected chi connectivity index (χ4v) is 5.57. The Morgan fingerprint density at radius 2 is 1.62 bits per heavy atom. The molecule has 0 fully saturated rings. The first-order valence-electron chi connectivity index (χ1n) is 11.1. The topological polar surface area (TPSA) is 69.0 Å². The van der Waals surface area contributed by atoms with Crippen molar-refractivity contribution in [2.24, 2.45) is 0 Å². The fraction of sp³-hybridized carbons (Fsp3) is 0.440. The third-order valence-corrected chi connectivity index (χ3v) is 7.42. The van der Waals surface area contributed by atoms with Gasteiger partial charge in [0.05, 0.1) is 13.2 Å². The van der Waals surface area contributed by atoms with Gasteiger partial charge in [0, 0.05) is 17.1 Å². The Kier molecular flexibility index (Phi) is 7.39. The molecule has 1 aliphatic heterocycles. The number of hydrogen-bond donors (Lipinski definition) is 0. The van der Waals surface area contributed by atoms with Crippen LogP contribution in [0.25, 0.3) is 0 Å². The summed E-state index contributed by atoms with van der Waals surface area (Å²) in [5, 5.41) is 0. The van der Waals surface area contributed by atoms with Gasteiger partial charge in [0.1, 0.15) is 21.8 Å². The lowest BCUT2D eigenvalue weighted by atomic mass is 9.91. The molecule has 1 aromatic carbocycles. The lowest BCUT2D eigenvalue weighted by molar-refractivity contribution is 0.0450. The summed E-state index contributed by atoms with van der Waals surface area (Å²) in [6, 6.07) is 10.1. The average Bonchev–Trinajstić information content (AvgIpc) is 3.16. The number of rotatable bonds is 7. The quantitative estimate of drug-likeness (QED) is 0.465. The second-order valence-electron chi connectivity index (χ2n) is 7.46. The Morgan fingerprint density at radius 3 is 2.19 bits per heavy atom. The number of allylic oxidation sites excluding steroid dienone is 2. The molecule has 0 bridgehead atoms. The smallest absolute Gasteiger partial charge is 0.375 e. The van der Waals surface area contributed by atoms with Crippen LogP contribution >= 0.6 is 11.8 Å². The molecule has 1 atom stereocenters. The van der Waals surface area contributed by atoms with Gasteiger partial charge in [-0.1, -0.05) is 37.3 Å². The molecular formula is C25H31NO5S. The molecular weight excluding hydrogens is 426 g/mol. The zero-order valence-corrected chi connectivity index (χ0v) is 20.4. The zero-order valence-electron chi connectivity index (χ0n) is 19.6. The van der Waals surface area contributed by atoms with Crippen molar-refractivity contribution in [1.29, 1.82) is 0 Å². The Balaban J connectivity index is 2.45. The lowest BCUT2D eigenvalue weighted by Gasteiger charge is -2.31. The van der Waals surface area contributed by atoms with Crippen molar-refractivity contribution in [1.82, 2.24) is 0 Å². The van der Waals surface area contributed by atoms with E-state index < -0.39 is 16.7 Å². The van der Waals surface area contributed by atoms with Gasteiger partial charge in [0.25, 0.3) is 0 Å². The first kappa shape index (κ1) is 24.0.